The molecule has 0 radical (unpaired) electrons. The molecule has 1 N–H and O–H groups in total. The number of fused-ring (bicyclic) bond motifs is 2. The fourth-order valence-corrected chi connectivity index (χ4v) is 4.15. The zero-order chi connectivity index (χ0) is 18.3. The number of nitrogens with one attached hydrogen (secondary N) is 1. The number of sulfone groups is 1. The normalized spacial score (nSPS) is 16.4. The number of rotatable bonds is 3. The summed E-state index contributed by atoms with van der Waals surface area (Å²) in [6.45, 7) is 0.103. The Bertz CT molecular complexity index is 1110. The summed E-state index contributed by atoms with van der Waals surface area (Å²) >= 11 is 1.20. The molecule has 0 fully saturated rings. The summed E-state index contributed by atoms with van der Waals surface area (Å²) < 4.78 is 35.2. The lowest BCUT2D eigenvalue weighted by Crippen LogP contribution is -2.40. The molecule has 1 aliphatic heterocycles. The molecule has 0 bridgehead atoms. The number of amides is 1. The van der Waals surface area contributed by atoms with Crippen LogP contribution in [0.4, 0.5) is 5.13 Å². The minimum Gasteiger partial charge on any atom is -0.485 e. The van der Waals surface area contributed by atoms with Gasteiger partial charge in [-0.1, -0.05) is 23.5 Å². The number of hydrogen-bond donors (Lipinski definition) is 1. The molecule has 1 aromatic heterocycles. The van der Waals surface area contributed by atoms with Crippen LogP contribution in [0.2, 0.25) is 0 Å². The maximum Gasteiger partial charge on any atom is 0.270 e. The molecule has 3 aromatic rings. The predicted octanol–water partition coefficient (Wildman–Crippen LogP) is 2.48. The van der Waals surface area contributed by atoms with E-state index in [9.17, 15) is 13.2 Å². The first-order valence-electron chi connectivity index (χ1n) is 7.70. The molecule has 0 aliphatic carbocycles. The number of hydrogen-bond acceptors (Lipinski definition) is 7. The summed E-state index contributed by atoms with van der Waals surface area (Å²) in [7, 11) is -3.30. The molecule has 0 saturated carbocycles. The second kappa shape index (κ2) is 6.26. The summed E-state index contributed by atoms with van der Waals surface area (Å²) in [5.41, 5.74) is 0.615. The summed E-state index contributed by atoms with van der Waals surface area (Å²) in [5.74, 6) is 0.743. The number of para-hydroxylation sites is 2. The Labute approximate surface area is 153 Å². The highest BCUT2D eigenvalue weighted by Gasteiger charge is 2.28. The second-order valence-electron chi connectivity index (χ2n) is 5.77. The Morgan fingerprint density at radius 2 is 2.00 bits per heavy atom. The maximum absolute atomic E-state index is 12.4. The van der Waals surface area contributed by atoms with Crippen molar-refractivity contribution in [2.45, 2.75) is 11.0 Å². The van der Waals surface area contributed by atoms with Crippen LogP contribution in [0.3, 0.4) is 0 Å². The molecule has 0 unspecified atom stereocenters. The average Bonchev–Trinajstić information content (AvgIpc) is 3.01. The van der Waals surface area contributed by atoms with Gasteiger partial charge in [-0.25, -0.2) is 13.4 Å². The Morgan fingerprint density at radius 1 is 1.23 bits per heavy atom. The molecule has 9 heteroatoms. The van der Waals surface area contributed by atoms with Gasteiger partial charge in [0.2, 0.25) is 6.10 Å². The molecule has 1 atom stereocenters. The lowest BCUT2D eigenvalue weighted by molar-refractivity contribution is -0.125. The van der Waals surface area contributed by atoms with Crippen LogP contribution < -0.4 is 14.8 Å². The van der Waals surface area contributed by atoms with Crippen LogP contribution in [0, 0.1) is 0 Å². The minimum atomic E-state index is -3.30. The van der Waals surface area contributed by atoms with Crippen molar-refractivity contribution in [3.63, 3.8) is 0 Å². The molecule has 0 spiro atoms. The topological polar surface area (TPSA) is 94.6 Å². The van der Waals surface area contributed by atoms with Gasteiger partial charge in [0.1, 0.15) is 6.61 Å². The molecule has 0 saturated heterocycles. The summed E-state index contributed by atoms with van der Waals surface area (Å²) in [6, 6.07) is 11.8. The summed E-state index contributed by atoms with van der Waals surface area (Å²) in [6.07, 6.45) is 0.361. The Balaban J connectivity index is 1.53. The van der Waals surface area contributed by atoms with Crippen molar-refractivity contribution < 1.29 is 22.7 Å². The van der Waals surface area contributed by atoms with E-state index in [4.69, 9.17) is 9.47 Å². The van der Waals surface area contributed by atoms with E-state index in [1.807, 2.05) is 6.07 Å². The largest absolute Gasteiger partial charge is 0.485 e. The van der Waals surface area contributed by atoms with E-state index in [0.717, 1.165) is 6.26 Å². The van der Waals surface area contributed by atoms with E-state index >= 15 is 0 Å². The Kier molecular flexibility index (Phi) is 4.04. The van der Waals surface area contributed by atoms with Crippen molar-refractivity contribution in [2.75, 3.05) is 18.2 Å². The van der Waals surface area contributed by atoms with Crippen molar-refractivity contribution in [3.05, 3.63) is 42.5 Å². The van der Waals surface area contributed by atoms with Gasteiger partial charge in [0.25, 0.3) is 5.91 Å². The quantitative estimate of drug-likeness (QED) is 0.738. The number of anilines is 1. The first kappa shape index (κ1) is 16.8. The van der Waals surface area contributed by atoms with Gasteiger partial charge < -0.3 is 9.47 Å². The zero-order valence-corrected chi connectivity index (χ0v) is 15.3. The number of carbonyl (C=O) groups excluding carboxylic acids is 1. The third kappa shape index (κ3) is 3.23. The minimum absolute atomic E-state index is 0.103. The zero-order valence-electron chi connectivity index (χ0n) is 13.6. The van der Waals surface area contributed by atoms with E-state index in [2.05, 4.69) is 10.3 Å². The predicted molar refractivity (Wildman–Crippen MR) is 97.7 cm³/mol. The van der Waals surface area contributed by atoms with E-state index in [0.29, 0.717) is 26.8 Å². The molecular weight excluding hydrogens is 376 g/mol. The number of thiazole rings is 1. The van der Waals surface area contributed by atoms with Gasteiger partial charge in [0.15, 0.2) is 26.5 Å². The molecule has 4 rings (SSSR count). The standard InChI is InChI=1S/C17H14N2O5S2/c1-26(21,22)10-6-7-11-15(8-10)25-17(18-11)19-16(20)14-9-23-12-4-2-3-5-13(12)24-14/h2-8,14H,9H2,1H3,(H,18,19,20)/t14-/m1/s1. The first-order chi connectivity index (χ1) is 12.4. The van der Waals surface area contributed by atoms with Crippen LogP contribution in [-0.4, -0.2) is 38.3 Å². The number of carbonyl (C=O) groups is 1. The summed E-state index contributed by atoms with van der Waals surface area (Å²) in [5, 5.41) is 3.08. The van der Waals surface area contributed by atoms with Crippen LogP contribution in [0.15, 0.2) is 47.4 Å². The Morgan fingerprint density at radius 3 is 2.77 bits per heavy atom. The molecular formula is C17H14N2O5S2. The Hall–Kier alpha value is -2.65. The van der Waals surface area contributed by atoms with Crippen LogP contribution in [-0.2, 0) is 14.6 Å². The van der Waals surface area contributed by atoms with Crippen LogP contribution >= 0.6 is 11.3 Å². The lowest BCUT2D eigenvalue weighted by Gasteiger charge is -2.25. The number of aromatic nitrogens is 1. The van der Waals surface area contributed by atoms with Gasteiger partial charge in [-0.15, -0.1) is 0 Å². The van der Waals surface area contributed by atoms with Crippen molar-refractivity contribution in [2.24, 2.45) is 0 Å². The van der Waals surface area contributed by atoms with Gasteiger partial charge in [-0.3, -0.25) is 10.1 Å². The number of ether oxygens (including phenoxy) is 2. The van der Waals surface area contributed by atoms with Gasteiger partial charge in [-0.2, -0.15) is 0 Å². The van der Waals surface area contributed by atoms with Crippen LogP contribution in [0.5, 0.6) is 11.5 Å². The highest BCUT2D eigenvalue weighted by molar-refractivity contribution is 7.90. The van der Waals surface area contributed by atoms with Crippen molar-refractivity contribution in [1.29, 1.82) is 0 Å². The molecule has 1 aliphatic rings. The van der Waals surface area contributed by atoms with Crippen LogP contribution in [0.1, 0.15) is 0 Å². The van der Waals surface area contributed by atoms with E-state index < -0.39 is 15.9 Å². The maximum atomic E-state index is 12.4. The van der Waals surface area contributed by atoms with E-state index in [-0.39, 0.29) is 17.4 Å². The van der Waals surface area contributed by atoms with Crippen LogP contribution in [0.25, 0.3) is 10.2 Å². The monoisotopic (exact) mass is 390 g/mol. The first-order valence-corrected chi connectivity index (χ1v) is 10.4. The third-order valence-corrected chi connectivity index (χ3v) is 5.86. The highest BCUT2D eigenvalue weighted by Crippen LogP contribution is 2.32. The number of nitrogens with zero attached hydrogens (tertiary/aromatic N) is 1. The average molecular weight is 390 g/mol. The molecule has 2 aromatic carbocycles. The molecule has 7 nitrogen and oxygen atoms in total. The third-order valence-electron chi connectivity index (χ3n) is 3.82. The smallest absolute Gasteiger partial charge is 0.270 e. The SMILES string of the molecule is CS(=O)(=O)c1ccc2nc(NC(=O)[C@H]3COc4ccccc4O3)sc2c1. The fourth-order valence-electron chi connectivity index (χ4n) is 2.52. The van der Waals surface area contributed by atoms with E-state index in [1.54, 1.807) is 30.3 Å². The summed E-state index contributed by atoms with van der Waals surface area (Å²) in [4.78, 5) is 17.0. The van der Waals surface area contributed by atoms with Gasteiger partial charge in [0.05, 0.1) is 15.1 Å². The number of benzene rings is 2. The fraction of sp³-hybridized carbons (Fsp3) is 0.176. The van der Waals surface area contributed by atoms with Crippen molar-refractivity contribution in [3.8, 4) is 11.5 Å². The van der Waals surface area contributed by atoms with Crippen molar-refractivity contribution >= 4 is 42.4 Å². The van der Waals surface area contributed by atoms with Gasteiger partial charge in [0, 0.05) is 6.26 Å². The highest BCUT2D eigenvalue weighted by atomic mass is 32.2. The van der Waals surface area contributed by atoms with Gasteiger partial charge in [-0.05, 0) is 30.3 Å². The molecule has 1 amide bonds. The van der Waals surface area contributed by atoms with Gasteiger partial charge >= 0.3 is 0 Å². The molecule has 134 valence electrons. The van der Waals surface area contributed by atoms with Crippen molar-refractivity contribution in [1.82, 2.24) is 4.98 Å². The second-order valence-corrected chi connectivity index (χ2v) is 8.82. The van der Waals surface area contributed by atoms with E-state index in [1.165, 1.54) is 17.4 Å². The molecule has 2 heterocycles. The lowest BCUT2D eigenvalue weighted by atomic mass is 10.2. The molecule has 26 heavy (non-hydrogen) atoms.